The van der Waals surface area contributed by atoms with E-state index in [4.69, 9.17) is 0 Å². The average Bonchev–Trinajstić information content (AvgIpc) is 2.60. The van der Waals surface area contributed by atoms with Gasteiger partial charge >= 0.3 is 0 Å². The van der Waals surface area contributed by atoms with Gasteiger partial charge in [-0.15, -0.1) is 0 Å². The molecule has 0 radical (unpaired) electrons. The van der Waals surface area contributed by atoms with Crippen molar-refractivity contribution in [2.24, 2.45) is 4.99 Å². The van der Waals surface area contributed by atoms with Gasteiger partial charge in [0.1, 0.15) is 17.2 Å². The number of carbonyl (C=O) groups excluding carboxylic acids is 1. The molecule has 0 aliphatic carbocycles. The van der Waals surface area contributed by atoms with E-state index >= 15 is 0 Å². The first-order valence-electron chi connectivity index (χ1n) is 8.27. The number of aliphatic imine (C=N–C) groups is 1. The quantitative estimate of drug-likeness (QED) is 0.672. The molecule has 0 bridgehead atoms. The van der Waals surface area contributed by atoms with Crippen LogP contribution in [0.2, 0.25) is 0 Å². The van der Waals surface area contributed by atoms with Gasteiger partial charge in [0.05, 0.1) is 6.54 Å². The summed E-state index contributed by atoms with van der Waals surface area (Å²) in [5, 5.41) is 29.2. The number of hydrogen-bond acceptors (Lipinski definition) is 5. The minimum absolute atomic E-state index is 0.00666. The number of hydrogen-bond donors (Lipinski definition) is 3. The molecule has 0 saturated heterocycles. The fourth-order valence-corrected chi connectivity index (χ4v) is 2.57. The standard InChI is InChI=1S/C20H23NO4/c1-3-18(17-9-10-19(24)13(2)20(17)25)21-12-16(23)8-7-14-5-4-6-15(22)11-14/h4-6,9-11,22,24-25H,3,7-8,12H2,1-2H3. The van der Waals surface area contributed by atoms with E-state index in [1.54, 1.807) is 31.2 Å². The van der Waals surface area contributed by atoms with E-state index in [0.717, 1.165) is 5.56 Å². The van der Waals surface area contributed by atoms with E-state index in [2.05, 4.69) is 4.99 Å². The number of phenols is 3. The number of Topliss-reactive ketones (excluding diaryl/α,β-unsaturated/α-hetero) is 1. The minimum atomic E-state index is -0.00992. The van der Waals surface area contributed by atoms with Crippen molar-refractivity contribution in [2.75, 3.05) is 6.54 Å². The van der Waals surface area contributed by atoms with Crippen molar-refractivity contribution in [3.63, 3.8) is 0 Å². The molecular formula is C20H23NO4. The van der Waals surface area contributed by atoms with Gasteiger partial charge in [0, 0.05) is 23.3 Å². The molecule has 0 aromatic heterocycles. The van der Waals surface area contributed by atoms with Crippen molar-refractivity contribution < 1.29 is 20.1 Å². The van der Waals surface area contributed by atoms with Crippen LogP contribution in [0.4, 0.5) is 0 Å². The Morgan fingerprint density at radius 1 is 1.12 bits per heavy atom. The number of rotatable bonds is 7. The third kappa shape index (κ3) is 4.83. The van der Waals surface area contributed by atoms with Gasteiger partial charge in [-0.3, -0.25) is 9.79 Å². The van der Waals surface area contributed by atoms with E-state index in [1.165, 1.54) is 6.07 Å². The maximum absolute atomic E-state index is 12.1. The second-order valence-electron chi connectivity index (χ2n) is 5.93. The number of ketones is 1. The number of carbonyl (C=O) groups is 1. The Morgan fingerprint density at radius 3 is 2.56 bits per heavy atom. The van der Waals surface area contributed by atoms with E-state index < -0.39 is 0 Å². The normalized spacial score (nSPS) is 11.5. The number of benzene rings is 2. The van der Waals surface area contributed by atoms with Gasteiger partial charge in [-0.25, -0.2) is 0 Å². The first-order chi connectivity index (χ1) is 11.9. The molecular weight excluding hydrogens is 318 g/mol. The molecule has 0 aliphatic rings. The van der Waals surface area contributed by atoms with Crippen molar-refractivity contribution in [1.29, 1.82) is 0 Å². The smallest absolute Gasteiger partial charge is 0.154 e. The van der Waals surface area contributed by atoms with Crippen LogP contribution in [0.1, 0.15) is 36.5 Å². The summed E-state index contributed by atoms with van der Waals surface area (Å²) in [7, 11) is 0. The molecule has 5 heteroatoms. The summed E-state index contributed by atoms with van der Waals surface area (Å²) in [5.74, 6) is 0.199. The molecule has 0 spiro atoms. The number of aromatic hydroxyl groups is 3. The molecule has 5 nitrogen and oxygen atoms in total. The molecule has 2 aromatic rings. The molecule has 0 saturated carbocycles. The van der Waals surface area contributed by atoms with Gasteiger partial charge in [-0.2, -0.15) is 0 Å². The minimum Gasteiger partial charge on any atom is -0.508 e. The van der Waals surface area contributed by atoms with Crippen molar-refractivity contribution >= 4 is 11.5 Å². The van der Waals surface area contributed by atoms with Crippen molar-refractivity contribution in [3.05, 3.63) is 53.1 Å². The third-order valence-electron chi connectivity index (χ3n) is 4.10. The summed E-state index contributed by atoms with van der Waals surface area (Å²) in [6.07, 6.45) is 1.45. The summed E-state index contributed by atoms with van der Waals surface area (Å²) in [6, 6.07) is 9.97. The molecule has 0 atom stereocenters. The third-order valence-corrected chi connectivity index (χ3v) is 4.10. The second-order valence-corrected chi connectivity index (χ2v) is 5.93. The van der Waals surface area contributed by atoms with Gasteiger partial charge in [-0.05, 0) is 49.6 Å². The zero-order valence-corrected chi connectivity index (χ0v) is 14.5. The van der Waals surface area contributed by atoms with E-state index in [0.29, 0.717) is 36.1 Å². The summed E-state index contributed by atoms with van der Waals surface area (Å²) >= 11 is 0. The van der Waals surface area contributed by atoms with Crippen LogP contribution in [0.25, 0.3) is 0 Å². The van der Waals surface area contributed by atoms with Gasteiger partial charge in [0.25, 0.3) is 0 Å². The largest absolute Gasteiger partial charge is 0.508 e. The highest BCUT2D eigenvalue weighted by atomic mass is 16.3. The van der Waals surface area contributed by atoms with E-state index in [9.17, 15) is 20.1 Å². The van der Waals surface area contributed by atoms with Crippen LogP contribution >= 0.6 is 0 Å². The fraction of sp³-hybridized carbons (Fsp3) is 0.300. The van der Waals surface area contributed by atoms with E-state index in [1.807, 2.05) is 13.0 Å². The van der Waals surface area contributed by atoms with Crippen molar-refractivity contribution in [2.45, 2.75) is 33.1 Å². The highest BCUT2D eigenvalue weighted by molar-refractivity contribution is 6.04. The van der Waals surface area contributed by atoms with Crippen LogP contribution in [0, 0.1) is 6.92 Å². The Hall–Kier alpha value is -2.82. The van der Waals surface area contributed by atoms with Gasteiger partial charge < -0.3 is 15.3 Å². The number of phenolic OH excluding ortho intramolecular Hbond substituents is 3. The van der Waals surface area contributed by atoms with Gasteiger partial charge in [0.2, 0.25) is 0 Å². The lowest BCUT2D eigenvalue weighted by Crippen LogP contribution is -2.08. The second kappa shape index (κ2) is 8.33. The predicted molar refractivity (Wildman–Crippen MR) is 97.6 cm³/mol. The molecule has 132 valence electrons. The number of aryl methyl sites for hydroxylation is 1. The molecule has 0 unspecified atom stereocenters. The maximum atomic E-state index is 12.1. The predicted octanol–water partition coefficient (Wildman–Crippen LogP) is 3.51. The molecule has 0 amide bonds. The Kier molecular flexibility index (Phi) is 6.17. The molecule has 2 rings (SSSR count). The molecule has 3 N–H and O–H groups in total. The molecule has 2 aromatic carbocycles. The zero-order chi connectivity index (χ0) is 18.4. The molecule has 0 aliphatic heterocycles. The summed E-state index contributed by atoms with van der Waals surface area (Å²) in [6.45, 7) is 3.57. The monoisotopic (exact) mass is 341 g/mol. The van der Waals surface area contributed by atoms with Gasteiger partial charge in [-0.1, -0.05) is 19.1 Å². The van der Waals surface area contributed by atoms with Crippen LogP contribution in [0.5, 0.6) is 17.2 Å². The van der Waals surface area contributed by atoms with Crippen LogP contribution in [-0.2, 0) is 11.2 Å². The van der Waals surface area contributed by atoms with Crippen LogP contribution in [-0.4, -0.2) is 33.4 Å². The number of nitrogens with zero attached hydrogens (tertiary/aromatic N) is 1. The lowest BCUT2D eigenvalue weighted by Gasteiger charge is -2.10. The molecule has 25 heavy (non-hydrogen) atoms. The Balaban J connectivity index is 2.03. The Bertz CT molecular complexity index is 796. The highest BCUT2D eigenvalue weighted by Gasteiger charge is 2.13. The summed E-state index contributed by atoms with van der Waals surface area (Å²) in [4.78, 5) is 16.4. The van der Waals surface area contributed by atoms with Gasteiger partial charge in [0.15, 0.2) is 5.78 Å². The van der Waals surface area contributed by atoms with Crippen molar-refractivity contribution in [1.82, 2.24) is 0 Å². The molecule has 0 fully saturated rings. The van der Waals surface area contributed by atoms with Crippen molar-refractivity contribution in [3.8, 4) is 17.2 Å². The lowest BCUT2D eigenvalue weighted by atomic mass is 10.0. The first-order valence-corrected chi connectivity index (χ1v) is 8.27. The maximum Gasteiger partial charge on any atom is 0.154 e. The fourth-order valence-electron chi connectivity index (χ4n) is 2.57. The SMILES string of the molecule is CCC(=NCC(=O)CCc1cccc(O)c1)c1ccc(O)c(C)c1O. The lowest BCUT2D eigenvalue weighted by molar-refractivity contribution is -0.117. The summed E-state index contributed by atoms with van der Waals surface area (Å²) in [5.41, 5.74) is 2.47. The van der Waals surface area contributed by atoms with Crippen LogP contribution < -0.4 is 0 Å². The van der Waals surface area contributed by atoms with Crippen LogP contribution in [0.15, 0.2) is 41.4 Å². The Morgan fingerprint density at radius 2 is 1.88 bits per heavy atom. The topological polar surface area (TPSA) is 90.1 Å². The average molecular weight is 341 g/mol. The van der Waals surface area contributed by atoms with Crippen LogP contribution in [0.3, 0.4) is 0 Å². The molecule has 0 heterocycles. The zero-order valence-electron chi connectivity index (χ0n) is 14.5. The highest BCUT2D eigenvalue weighted by Crippen LogP contribution is 2.30. The first kappa shape index (κ1) is 18.5. The van der Waals surface area contributed by atoms with E-state index in [-0.39, 0.29) is 29.6 Å². The Labute approximate surface area is 147 Å². The summed E-state index contributed by atoms with van der Waals surface area (Å²) < 4.78 is 0.